The quantitative estimate of drug-likeness (QED) is 0.907. The van der Waals surface area contributed by atoms with Gasteiger partial charge in [0.1, 0.15) is 6.26 Å². The summed E-state index contributed by atoms with van der Waals surface area (Å²) in [5.74, 6) is -1.40. The molecule has 0 bridgehead atoms. The van der Waals surface area contributed by atoms with Crippen LogP contribution in [-0.4, -0.2) is 35.5 Å². The van der Waals surface area contributed by atoms with E-state index >= 15 is 0 Å². The van der Waals surface area contributed by atoms with Gasteiger partial charge in [0.05, 0.1) is 5.56 Å². The zero-order valence-corrected chi connectivity index (χ0v) is 11.1. The van der Waals surface area contributed by atoms with Crippen LogP contribution in [0.25, 0.3) is 0 Å². The molecule has 1 amide bonds. The third kappa shape index (κ3) is 3.26. The molecule has 1 heterocycles. The number of carboxylic acids is 1. The lowest BCUT2D eigenvalue weighted by atomic mass is 10.1. The normalized spacial score (nSPS) is 10.2. The first-order valence-electron chi connectivity index (χ1n) is 6.19. The molecule has 0 aliphatic heterocycles. The Morgan fingerprint density at radius 1 is 1.25 bits per heavy atom. The van der Waals surface area contributed by atoms with Gasteiger partial charge in [-0.25, -0.2) is 4.79 Å². The van der Waals surface area contributed by atoms with Crippen LogP contribution in [0.15, 0.2) is 47.1 Å². The van der Waals surface area contributed by atoms with Crippen LogP contribution >= 0.6 is 0 Å². The van der Waals surface area contributed by atoms with Crippen LogP contribution in [0.3, 0.4) is 0 Å². The van der Waals surface area contributed by atoms with E-state index in [-0.39, 0.29) is 17.2 Å². The molecule has 1 aromatic heterocycles. The molecule has 1 N–H and O–H groups in total. The Bertz CT molecular complexity index is 603. The summed E-state index contributed by atoms with van der Waals surface area (Å²) in [4.78, 5) is 24.3. The average molecular weight is 273 g/mol. The van der Waals surface area contributed by atoms with Gasteiger partial charge in [-0.1, -0.05) is 30.3 Å². The molecule has 0 radical (unpaired) electrons. The molecule has 0 saturated heterocycles. The van der Waals surface area contributed by atoms with E-state index in [1.165, 1.54) is 11.0 Å². The van der Waals surface area contributed by atoms with Crippen molar-refractivity contribution in [1.29, 1.82) is 0 Å². The monoisotopic (exact) mass is 273 g/mol. The Morgan fingerprint density at radius 2 is 1.95 bits per heavy atom. The maximum absolute atomic E-state index is 12.0. The van der Waals surface area contributed by atoms with Crippen LogP contribution < -0.4 is 0 Å². The van der Waals surface area contributed by atoms with Gasteiger partial charge in [-0.05, 0) is 12.0 Å². The Morgan fingerprint density at radius 3 is 2.55 bits per heavy atom. The van der Waals surface area contributed by atoms with Crippen molar-refractivity contribution in [2.45, 2.75) is 6.42 Å². The molecule has 5 heteroatoms. The molecular formula is C15H15NO4. The predicted octanol–water partition coefficient (Wildman–Crippen LogP) is 2.29. The number of benzene rings is 1. The fraction of sp³-hybridized carbons (Fsp3) is 0.200. The molecule has 0 saturated carbocycles. The maximum Gasteiger partial charge on any atom is 0.338 e. The molecule has 0 unspecified atom stereocenters. The zero-order valence-electron chi connectivity index (χ0n) is 11.1. The van der Waals surface area contributed by atoms with Crippen molar-refractivity contribution >= 4 is 11.9 Å². The van der Waals surface area contributed by atoms with E-state index in [0.29, 0.717) is 6.54 Å². The zero-order chi connectivity index (χ0) is 14.5. The summed E-state index contributed by atoms with van der Waals surface area (Å²) in [6.07, 6.45) is 1.80. The average Bonchev–Trinajstić information content (AvgIpc) is 2.95. The van der Waals surface area contributed by atoms with Gasteiger partial charge in [-0.3, -0.25) is 4.79 Å². The molecule has 0 spiro atoms. The van der Waals surface area contributed by atoms with E-state index in [1.807, 2.05) is 30.3 Å². The summed E-state index contributed by atoms with van der Waals surface area (Å²) in [7, 11) is 1.66. The Kier molecular flexibility index (Phi) is 4.20. The first-order valence-corrected chi connectivity index (χ1v) is 6.19. The van der Waals surface area contributed by atoms with Crippen molar-refractivity contribution < 1.29 is 19.1 Å². The fourth-order valence-electron chi connectivity index (χ4n) is 1.79. The van der Waals surface area contributed by atoms with Gasteiger partial charge in [0.25, 0.3) is 5.91 Å². The van der Waals surface area contributed by atoms with Crippen LogP contribution in [-0.2, 0) is 6.42 Å². The van der Waals surface area contributed by atoms with Gasteiger partial charge in [-0.15, -0.1) is 0 Å². The van der Waals surface area contributed by atoms with Gasteiger partial charge >= 0.3 is 5.97 Å². The summed E-state index contributed by atoms with van der Waals surface area (Å²) in [6.45, 7) is 0.534. The van der Waals surface area contributed by atoms with Crippen molar-refractivity contribution in [3.05, 3.63) is 59.5 Å². The van der Waals surface area contributed by atoms with Gasteiger partial charge in [0, 0.05) is 19.7 Å². The highest BCUT2D eigenvalue weighted by molar-refractivity contribution is 5.95. The number of carbonyl (C=O) groups is 2. The number of furan rings is 1. The lowest BCUT2D eigenvalue weighted by Crippen LogP contribution is -2.28. The molecule has 0 aliphatic rings. The second-order valence-electron chi connectivity index (χ2n) is 4.47. The summed E-state index contributed by atoms with van der Waals surface area (Å²) < 4.78 is 4.99. The van der Waals surface area contributed by atoms with Crippen molar-refractivity contribution in [2.24, 2.45) is 0 Å². The lowest BCUT2D eigenvalue weighted by Gasteiger charge is -2.15. The van der Waals surface area contributed by atoms with E-state index < -0.39 is 5.97 Å². The number of carboxylic acid groups (broad SMARTS) is 1. The number of aromatic carboxylic acids is 1. The SMILES string of the molecule is CN(CCc1ccccc1)C(=O)c1cc(C(=O)O)co1. The largest absolute Gasteiger partial charge is 0.478 e. The standard InChI is InChI=1S/C15H15NO4/c1-16(8-7-11-5-3-2-4-6-11)14(17)13-9-12(10-20-13)15(18)19/h2-6,9-10H,7-8H2,1H3,(H,18,19). The molecule has 104 valence electrons. The summed E-state index contributed by atoms with van der Waals surface area (Å²) in [5, 5.41) is 8.79. The number of amides is 1. The van der Waals surface area contributed by atoms with Crippen LogP contribution in [0.4, 0.5) is 0 Å². The first kappa shape index (κ1) is 13.9. The van der Waals surface area contributed by atoms with E-state index in [2.05, 4.69) is 0 Å². The molecule has 2 rings (SSSR count). The Balaban J connectivity index is 1.96. The number of hydrogen-bond acceptors (Lipinski definition) is 3. The third-order valence-electron chi connectivity index (χ3n) is 2.98. The minimum atomic E-state index is -1.11. The van der Waals surface area contributed by atoms with Crippen LogP contribution in [0.2, 0.25) is 0 Å². The van der Waals surface area contributed by atoms with Crippen molar-refractivity contribution in [1.82, 2.24) is 4.90 Å². The molecule has 5 nitrogen and oxygen atoms in total. The van der Waals surface area contributed by atoms with E-state index in [9.17, 15) is 9.59 Å². The summed E-state index contributed by atoms with van der Waals surface area (Å²) >= 11 is 0. The highest BCUT2D eigenvalue weighted by Crippen LogP contribution is 2.11. The fourth-order valence-corrected chi connectivity index (χ4v) is 1.79. The minimum absolute atomic E-state index is 0.0233. The molecule has 20 heavy (non-hydrogen) atoms. The predicted molar refractivity (Wildman–Crippen MR) is 72.8 cm³/mol. The van der Waals surface area contributed by atoms with Gasteiger partial charge in [0.15, 0.2) is 5.76 Å². The first-order chi connectivity index (χ1) is 9.58. The van der Waals surface area contributed by atoms with Crippen LogP contribution in [0.5, 0.6) is 0 Å². The Labute approximate surface area is 116 Å². The second kappa shape index (κ2) is 6.06. The number of carbonyl (C=O) groups excluding carboxylic acids is 1. The molecule has 0 fully saturated rings. The number of likely N-dealkylation sites (N-methyl/N-ethyl adjacent to an activating group) is 1. The van der Waals surface area contributed by atoms with Crippen molar-refractivity contribution in [3.8, 4) is 0 Å². The highest BCUT2D eigenvalue weighted by Gasteiger charge is 2.18. The minimum Gasteiger partial charge on any atom is -0.478 e. The van der Waals surface area contributed by atoms with Gasteiger partial charge < -0.3 is 14.4 Å². The topological polar surface area (TPSA) is 70.8 Å². The maximum atomic E-state index is 12.0. The Hall–Kier alpha value is -2.56. The number of hydrogen-bond donors (Lipinski definition) is 1. The molecule has 2 aromatic rings. The number of rotatable bonds is 5. The van der Waals surface area contributed by atoms with Gasteiger partial charge in [-0.2, -0.15) is 0 Å². The lowest BCUT2D eigenvalue weighted by molar-refractivity contribution is 0.0695. The molecule has 0 aliphatic carbocycles. The van der Waals surface area contributed by atoms with Crippen molar-refractivity contribution in [2.75, 3.05) is 13.6 Å². The van der Waals surface area contributed by atoms with E-state index in [4.69, 9.17) is 9.52 Å². The van der Waals surface area contributed by atoms with E-state index in [0.717, 1.165) is 18.2 Å². The summed E-state index contributed by atoms with van der Waals surface area (Å²) in [5.41, 5.74) is 1.11. The highest BCUT2D eigenvalue weighted by atomic mass is 16.4. The van der Waals surface area contributed by atoms with Gasteiger partial charge in [0.2, 0.25) is 0 Å². The molecular weight excluding hydrogens is 258 g/mol. The van der Waals surface area contributed by atoms with E-state index in [1.54, 1.807) is 7.05 Å². The smallest absolute Gasteiger partial charge is 0.338 e. The third-order valence-corrected chi connectivity index (χ3v) is 2.98. The molecule has 0 atom stereocenters. The van der Waals surface area contributed by atoms with Crippen LogP contribution in [0.1, 0.15) is 26.5 Å². The summed E-state index contributed by atoms with van der Waals surface area (Å²) in [6, 6.07) is 11.1. The van der Waals surface area contributed by atoms with Crippen LogP contribution in [0, 0.1) is 0 Å². The van der Waals surface area contributed by atoms with Crippen molar-refractivity contribution in [3.63, 3.8) is 0 Å². The molecule has 1 aromatic carbocycles. The second-order valence-corrected chi connectivity index (χ2v) is 4.47. The number of nitrogens with zero attached hydrogens (tertiary/aromatic N) is 1.